The molecular formula is C11H16ClNO2S. The van der Waals surface area contributed by atoms with E-state index in [0.29, 0.717) is 17.1 Å². The average molecular weight is 262 g/mol. The fraction of sp³-hybridized carbons (Fsp3) is 0.455. The summed E-state index contributed by atoms with van der Waals surface area (Å²) < 4.78 is 25.8. The van der Waals surface area contributed by atoms with E-state index in [0.717, 1.165) is 11.1 Å². The Bertz CT molecular complexity index is 460. The number of sulfonamides is 1. The third kappa shape index (κ3) is 3.39. The summed E-state index contributed by atoms with van der Waals surface area (Å²) in [5, 5.41) is 0.442. The summed E-state index contributed by atoms with van der Waals surface area (Å²) in [7, 11) is -3.28. The van der Waals surface area contributed by atoms with Gasteiger partial charge in [0, 0.05) is 0 Å². The van der Waals surface area contributed by atoms with Gasteiger partial charge in [-0.25, -0.2) is 8.42 Å². The number of hydrogen-bond acceptors (Lipinski definition) is 2. The molecule has 0 aliphatic carbocycles. The Hall–Kier alpha value is -0.740. The molecule has 5 heteroatoms. The van der Waals surface area contributed by atoms with Crippen molar-refractivity contribution in [2.45, 2.75) is 27.2 Å². The molecule has 0 atom stereocenters. The Labute approximate surface area is 102 Å². The van der Waals surface area contributed by atoms with E-state index in [9.17, 15) is 8.42 Å². The normalized spacial score (nSPS) is 11.5. The summed E-state index contributed by atoms with van der Waals surface area (Å²) in [5.74, 6) is 0.108. The van der Waals surface area contributed by atoms with Gasteiger partial charge in [0.1, 0.15) is 0 Å². The summed E-state index contributed by atoms with van der Waals surface area (Å²) >= 11 is 6.01. The zero-order valence-electron chi connectivity index (χ0n) is 9.67. The third-order valence-electron chi connectivity index (χ3n) is 2.16. The molecule has 0 heterocycles. The second-order valence-corrected chi connectivity index (χ2v) is 6.11. The maximum absolute atomic E-state index is 11.6. The van der Waals surface area contributed by atoms with E-state index in [1.165, 1.54) is 0 Å². The van der Waals surface area contributed by atoms with E-state index in [1.807, 2.05) is 26.8 Å². The molecule has 90 valence electrons. The van der Waals surface area contributed by atoms with Crippen molar-refractivity contribution >= 4 is 27.3 Å². The molecule has 0 aromatic heterocycles. The van der Waals surface area contributed by atoms with Gasteiger partial charge >= 0.3 is 0 Å². The Kier molecular flexibility index (Phi) is 4.21. The van der Waals surface area contributed by atoms with Crippen LogP contribution < -0.4 is 4.72 Å². The lowest BCUT2D eigenvalue weighted by Crippen LogP contribution is -2.17. The number of anilines is 1. The highest BCUT2D eigenvalue weighted by atomic mass is 35.5. The van der Waals surface area contributed by atoms with Crippen molar-refractivity contribution in [2.24, 2.45) is 0 Å². The van der Waals surface area contributed by atoms with Gasteiger partial charge in [-0.15, -0.1) is 0 Å². The van der Waals surface area contributed by atoms with Crippen LogP contribution in [-0.2, 0) is 10.0 Å². The molecule has 0 aliphatic heterocycles. The van der Waals surface area contributed by atoms with Crippen molar-refractivity contribution in [3.05, 3.63) is 28.3 Å². The van der Waals surface area contributed by atoms with E-state index in [1.54, 1.807) is 6.07 Å². The number of rotatable bonds is 4. The molecule has 1 N–H and O–H groups in total. The number of benzene rings is 1. The van der Waals surface area contributed by atoms with Gasteiger partial charge < -0.3 is 0 Å². The summed E-state index contributed by atoms with van der Waals surface area (Å²) in [6.45, 7) is 5.58. The molecule has 0 amide bonds. The van der Waals surface area contributed by atoms with Crippen LogP contribution in [0.4, 0.5) is 5.69 Å². The molecule has 3 nitrogen and oxygen atoms in total. The Morgan fingerprint density at radius 1 is 1.31 bits per heavy atom. The minimum atomic E-state index is -3.28. The van der Waals surface area contributed by atoms with E-state index in [4.69, 9.17) is 11.6 Å². The molecule has 0 fully saturated rings. The molecule has 0 saturated heterocycles. The number of hydrogen-bond donors (Lipinski definition) is 1. The van der Waals surface area contributed by atoms with E-state index in [-0.39, 0.29) is 5.75 Å². The van der Waals surface area contributed by atoms with Crippen molar-refractivity contribution in [2.75, 3.05) is 10.5 Å². The fourth-order valence-electron chi connectivity index (χ4n) is 1.52. The van der Waals surface area contributed by atoms with Crippen LogP contribution in [0, 0.1) is 13.8 Å². The molecule has 1 aromatic rings. The molecule has 0 bridgehead atoms. The van der Waals surface area contributed by atoms with Crippen molar-refractivity contribution in [3.8, 4) is 0 Å². The molecule has 0 aliphatic rings. The van der Waals surface area contributed by atoms with Gasteiger partial charge in [-0.1, -0.05) is 24.6 Å². The number of halogens is 1. The van der Waals surface area contributed by atoms with Gasteiger partial charge in [-0.2, -0.15) is 0 Å². The predicted octanol–water partition coefficient (Wildman–Crippen LogP) is 3.11. The molecule has 1 rings (SSSR count). The lowest BCUT2D eigenvalue weighted by molar-refractivity contribution is 0.600. The Morgan fingerprint density at radius 2 is 1.94 bits per heavy atom. The zero-order valence-corrected chi connectivity index (χ0v) is 11.2. The summed E-state index contributed by atoms with van der Waals surface area (Å²) in [6, 6.07) is 3.65. The SMILES string of the molecule is CCCS(=O)(=O)Nc1c(C)cc(C)cc1Cl. The standard InChI is InChI=1S/C11H16ClNO2S/c1-4-5-16(14,15)13-11-9(3)6-8(2)7-10(11)12/h6-7,13H,4-5H2,1-3H3. The quantitative estimate of drug-likeness (QED) is 0.905. The number of aryl methyl sites for hydroxylation is 2. The molecular weight excluding hydrogens is 246 g/mol. The van der Waals surface area contributed by atoms with Crippen LogP contribution in [0.3, 0.4) is 0 Å². The monoisotopic (exact) mass is 261 g/mol. The van der Waals surface area contributed by atoms with Gasteiger partial charge in [-0.3, -0.25) is 4.72 Å². The van der Waals surface area contributed by atoms with E-state index in [2.05, 4.69) is 4.72 Å². The van der Waals surface area contributed by atoms with E-state index < -0.39 is 10.0 Å². The maximum Gasteiger partial charge on any atom is 0.232 e. The average Bonchev–Trinajstić information content (AvgIpc) is 2.11. The summed E-state index contributed by atoms with van der Waals surface area (Å²) in [5.41, 5.74) is 2.34. The van der Waals surface area contributed by atoms with Crippen molar-refractivity contribution in [1.82, 2.24) is 0 Å². The smallest absolute Gasteiger partial charge is 0.232 e. The predicted molar refractivity (Wildman–Crippen MR) is 68.6 cm³/mol. The third-order valence-corrected chi connectivity index (χ3v) is 3.92. The van der Waals surface area contributed by atoms with Crippen LogP contribution in [0.25, 0.3) is 0 Å². The summed E-state index contributed by atoms with van der Waals surface area (Å²) in [6.07, 6.45) is 0.581. The topological polar surface area (TPSA) is 46.2 Å². The molecule has 1 aromatic carbocycles. The first-order chi connectivity index (χ1) is 7.35. The highest BCUT2D eigenvalue weighted by Crippen LogP contribution is 2.28. The van der Waals surface area contributed by atoms with Crippen LogP contribution in [0.2, 0.25) is 5.02 Å². The van der Waals surface area contributed by atoms with Crippen molar-refractivity contribution in [1.29, 1.82) is 0 Å². The molecule has 0 spiro atoms. The molecule has 0 unspecified atom stereocenters. The van der Waals surface area contributed by atoms with Crippen LogP contribution in [-0.4, -0.2) is 14.2 Å². The van der Waals surface area contributed by atoms with Crippen molar-refractivity contribution < 1.29 is 8.42 Å². The highest BCUT2D eigenvalue weighted by Gasteiger charge is 2.13. The zero-order chi connectivity index (χ0) is 12.3. The minimum Gasteiger partial charge on any atom is -0.282 e. The van der Waals surface area contributed by atoms with Crippen LogP contribution in [0.15, 0.2) is 12.1 Å². The largest absolute Gasteiger partial charge is 0.282 e. The van der Waals surface area contributed by atoms with Gasteiger partial charge in [-0.05, 0) is 37.5 Å². The van der Waals surface area contributed by atoms with Crippen LogP contribution >= 0.6 is 11.6 Å². The lowest BCUT2D eigenvalue weighted by Gasteiger charge is -2.12. The lowest BCUT2D eigenvalue weighted by atomic mass is 10.1. The fourth-order valence-corrected chi connectivity index (χ4v) is 3.17. The van der Waals surface area contributed by atoms with Gasteiger partial charge in [0.25, 0.3) is 0 Å². The Morgan fingerprint density at radius 3 is 2.44 bits per heavy atom. The van der Waals surface area contributed by atoms with Crippen LogP contribution in [0.1, 0.15) is 24.5 Å². The molecule has 16 heavy (non-hydrogen) atoms. The first-order valence-electron chi connectivity index (χ1n) is 5.13. The first-order valence-corrected chi connectivity index (χ1v) is 7.16. The molecule has 0 saturated carbocycles. The second kappa shape index (κ2) is 5.06. The van der Waals surface area contributed by atoms with Gasteiger partial charge in [0.05, 0.1) is 16.5 Å². The van der Waals surface area contributed by atoms with E-state index >= 15 is 0 Å². The summed E-state index contributed by atoms with van der Waals surface area (Å²) in [4.78, 5) is 0. The molecule has 0 radical (unpaired) electrons. The first kappa shape index (κ1) is 13.3. The number of nitrogens with one attached hydrogen (secondary N) is 1. The van der Waals surface area contributed by atoms with Crippen LogP contribution in [0.5, 0.6) is 0 Å². The van der Waals surface area contributed by atoms with Gasteiger partial charge in [0.15, 0.2) is 0 Å². The second-order valence-electron chi connectivity index (χ2n) is 3.86. The van der Waals surface area contributed by atoms with Gasteiger partial charge in [0.2, 0.25) is 10.0 Å². The Balaban J connectivity index is 3.07. The van der Waals surface area contributed by atoms with Crippen molar-refractivity contribution in [3.63, 3.8) is 0 Å². The highest BCUT2D eigenvalue weighted by molar-refractivity contribution is 7.92. The minimum absolute atomic E-state index is 0.108. The maximum atomic E-state index is 11.6.